The summed E-state index contributed by atoms with van der Waals surface area (Å²) in [5.41, 5.74) is 1.27. The van der Waals surface area contributed by atoms with Crippen LogP contribution in [-0.4, -0.2) is 55.4 Å². The topological polar surface area (TPSA) is 97.1 Å². The number of benzene rings is 2. The van der Waals surface area contributed by atoms with Crippen molar-refractivity contribution in [2.24, 2.45) is 0 Å². The van der Waals surface area contributed by atoms with Crippen LogP contribution >= 0.6 is 0 Å². The van der Waals surface area contributed by atoms with Crippen LogP contribution in [0.25, 0.3) is 22.5 Å². The van der Waals surface area contributed by atoms with Crippen molar-refractivity contribution in [1.82, 2.24) is 48.7 Å². The van der Waals surface area contributed by atoms with Gasteiger partial charge in [0.1, 0.15) is 0 Å². The van der Waals surface area contributed by atoms with Crippen LogP contribution in [0, 0.1) is 35.4 Å². The van der Waals surface area contributed by atoms with Gasteiger partial charge in [0.2, 0.25) is 0 Å². The summed E-state index contributed by atoms with van der Waals surface area (Å²) in [6.45, 7) is -1.83. The van der Waals surface area contributed by atoms with Crippen molar-refractivity contribution in [2.45, 2.75) is 0 Å². The molecule has 8 aromatic rings. The molecule has 0 N–H and O–H groups in total. The van der Waals surface area contributed by atoms with Crippen molar-refractivity contribution in [3.8, 4) is 22.5 Å². The van der Waals surface area contributed by atoms with Gasteiger partial charge in [-0.25, -0.2) is 20.4 Å². The van der Waals surface area contributed by atoms with E-state index in [0.717, 1.165) is 24.3 Å². The third kappa shape index (κ3) is 7.67. The Morgan fingerprint density at radius 1 is 0.480 bits per heavy atom. The van der Waals surface area contributed by atoms with Crippen LogP contribution in [0.2, 0.25) is 0 Å². The van der Waals surface area contributed by atoms with E-state index in [2.05, 4.69) is 42.5 Å². The van der Waals surface area contributed by atoms with Crippen molar-refractivity contribution >= 4 is 6.69 Å². The fourth-order valence-electron chi connectivity index (χ4n) is 4.97. The molecule has 0 bridgehead atoms. The Kier molecular flexibility index (Phi) is 11.6. The predicted molar refractivity (Wildman–Crippen MR) is 173 cm³/mol. The summed E-state index contributed by atoms with van der Waals surface area (Å²) in [6, 6.07) is 26.5. The van der Waals surface area contributed by atoms with Gasteiger partial charge in [-0.2, -0.15) is 0 Å². The van der Waals surface area contributed by atoms with Crippen LogP contribution in [0.3, 0.4) is 0 Å². The molecule has 10 nitrogen and oxygen atoms in total. The van der Waals surface area contributed by atoms with Gasteiger partial charge in [0, 0.05) is 60.4 Å². The van der Waals surface area contributed by atoms with Gasteiger partial charge in [0.05, 0.1) is 0 Å². The Hall–Kier alpha value is -5.99. The summed E-state index contributed by atoms with van der Waals surface area (Å²) < 4.78 is 58.8. The number of aromatic nitrogens is 10. The van der Waals surface area contributed by atoms with Gasteiger partial charge >= 0.3 is 26.8 Å². The molecular formula is C34H24BF4IrN10. The van der Waals surface area contributed by atoms with Crippen LogP contribution < -0.4 is 0 Å². The fourth-order valence-corrected chi connectivity index (χ4v) is 4.97. The second kappa shape index (κ2) is 16.4. The molecule has 0 spiro atoms. The molecule has 16 heteroatoms. The van der Waals surface area contributed by atoms with E-state index in [9.17, 15) is 17.6 Å². The molecule has 250 valence electrons. The molecule has 0 unspecified atom stereocenters. The third-order valence-electron chi connectivity index (χ3n) is 7.08. The molecule has 2 aromatic carbocycles. The van der Waals surface area contributed by atoms with Gasteiger partial charge in [-0.15, -0.1) is 24.3 Å². The number of halogens is 4. The monoisotopic (exact) mass is 852 g/mol. The van der Waals surface area contributed by atoms with E-state index in [1.54, 1.807) is 73.6 Å². The summed E-state index contributed by atoms with van der Waals surface area (Å²) in [4.78, 5) is 7.89. The second-order valence-electron chi connectivity index (χ2n) is 10.1. The third-order valence-corrected chi connectivity index (χ3v) is 7.08. The minimum atomic E-state index is -1.83. The molecule has 0 fully saturated rings. The fraction of sp³-hybridized carbons (Fsp3) is 0. The van der Waals surface area contributed by atoms with Gasteiger partial charge in [0.15, 0.2) is 0 Å². The van der Waals surface area contributed by atoms with Gasteiger partial charge in [0.25, 0.3) is 0 Å². The standard InChI is InChI=1S/C12H12BN8.2C11H6F2N.Ir/c1-5-14-18(9-1)13(19-10-2-6-15-19,20-11-3-7-16-20)21-12-4-8-17-21;2*12-8-4-5-9(10(13)7-8)11-3-1-2-6-14-11;/h1-12H;2*1-4,6-7H;/q3*-1;+3. The second-order valence-corrected chi connectivity index (χ2v) is 10.1. The largest absolute Gasteiger partial charge is 3.00 e. The number of rotatable bonds is 6. The minimum absolute atomic E-state index is 0. The van der Waals surface area contributed by atoms with Crippen molar-refractivity contribution < 1.29 is 37.7 Å². The van der Waals surface area contributed by atoms with E-state index < -0.39 is 30.0 Å². The minimum Gasteiger partial charge on any atom is -0.379 e. The molecule has 0 radical (unpaired) electrons. The molecule has 50 heavy (non-hydrogen) atoms. The molecule has 0 saturated heterocycles. The molecule has 0 saturated carbocycles. The first-order chi connectivity index (χ1) is 24.0. The number of hydrogen-bond acceptors (Lipinski definition) is 6. The van der Waals surface area contributed by atoms with E-state index in [4.69, 9.17) is 0 Å². The Bertz CT molecular complexity index is 1940. The van der Waals surface area contributed by atoms with Crippen molar-refractivity contribution in [3.63, 3.8) is 0 Å². The van der Waals surface area contributed by atoms with Gasteiger partial charge < -0.3 is 28.3 Å². The van der Waals surface area contributed by atoms with Crippen LogP contribution in [-0.2, 0) is 20.1 Å². The zero-order valence-corrected chi connectivity index (χ0v) is 28.1. The maximum absolute atomic E-state index is 13.2. The first-order valence-corrected chi connectivity index (χ1v) is 14.7. The van der Waals surface area contributed by atoms with Crippen LogP contribution in [0.4, 0.5) is 17.6 Å². The SMILES string of the molecule is Fc1c[c-]c(-c2ccccn2)c(F)c1.Fc1c[c-]c(-c2ccccn2)c(F)c1.[Ir+3].c1cnn([B-](n2cccn2)(n2cccn2)n2cccn2)c1. The Labute approximate surface area is 297 Å². The van der Waals surface area contributed by atoms with Crippen LogP contribution in [0.1, 0.15) is 0 Å². The number of hydrogen-bond donors (Lipinski definition) is 0. The van der Waals surface area contributed by atoms with E-state index in [-0.39, 0.29) is 31.2 Å². The van der Waals surface area contributed by atoms with E-state index in [1.165, 1.54) is 0 Å². The first-order valence-electron chi connectivity index (χ1n) is 14.7. The summed E-state index contributed by atoms with van der Waals surface area (Å²) in [5.74, 6) is -2.57. The van der Waals surface area contributed by atoms with Crippen molar-refractivity contribution in [2.75, 3.05) is 0 Å². The Balaban J connectivity index is 0.000000149. The molecule has 0 aliphatic carbocycles. The van der Waals surface area contributed by atoms with Crippen LogP contribution in [0.5, 0.6) is 0 Å². The summed E-state index contributed by atoms with van der Waals surface area (Å²) >= 11 is 0. The summed E-state index contributed by atoms with van der Waals surface area (Å²) in [7, 11) is 0. The quantitative estimate of drug-likeness (QED) is 0.115. The maximum Gasteiger partial charge on any atom is 3.00 e. The average Bonchev–Trinajstić information content (AvgIpc) is 3.97. The van der Waals surface area contributed by atoms with E-state index in [1.807, 2.05) is 67.4 Å². The van der Waals surface area contributed by atoms with E-state index >= 15 is 0 Å². The molecule has 0 atom stereocenters. The smallest absolute Gasteiger partial charge is 0.379 e. The summed E-state index contributed by atoms with van der Waals surface area (Å²) in [5, 5.41) is 17.7. The van der Waals surface area contributed by atoms with Gasteiger partial charge in [-0.3, -0.25) is 17.6 Å². The van der Waals surface area contributed by atoms with Gasteiger partial charge in [-0.05, 0) is 72.6 Å². The maximum atomic E-state index is 13.2. The van der Waals surface area contributed by atoms with Crippen molar-refractivity contribution in [3.05, 3.63) is 182 Å². The van der Waals surface area contributed by atoms with Gasteiger partial charge in [-0.1, -0.05) is 47.5 Å². The normalized spacial score (nSPS) is 10.6. The van der Waals surface area contributed by atoms with E-state index in [0.29, 0.717) is 11.4 Å². The number of nitrogens with zero attached hydrogens (tertiary/aromatic N) is 10. The molecule has 6 heterocycles. The zero-order chi connectivity index (χ0) is 34.1. The molecular weight excluding hydrogens is 827 g/mol. The predicted octanol–water partition coefficient (Wildman–Crippen LogP) is 6.05. The Morgan fingerprint density at radius 3 is 1.10 bits per heavy atom. The molecule has 6 aromatic heterocycles. The average molecular weight is 852 g/mol. The van der Waals surface area contributed by atoms with Crippen LogP contribution in [0.15, 0.2) is 147 Å². The molecule has 8 rings (SSSR count). The summed E-state index contributed by atoms with van der Waals surface area (Å²) in [6.07, 6.45) is 17.5. The molecule has 0 amide bonds. The Morgan fingerprint density at radius 2 is 0.840 bits per heavy atom. The number of pyridine rings is 2. The van der Waals surface area contributed by atoms with Crippen molar-refractivity contribution in [1.29, 1.82) is 0 Å². The molecule has 0 aliphatic rings. The first kappa shape index (κ1) is 35.3. The zero-order valence-electron chi connectivity index (χ0n) is 25.8. The molecule has 0 aliphatic heterocycles.